The van der Waals surface area contributed by atoms with E-state index in [-0.39, 0.29) is 24.6 Å². The summed E-state index contributed by atoms with van der Waals surface area (Å²) < 4.78 is 0. The molecular weight excluding hydrogens is 282 g/mol. The Morgan fingerprint density at radius 2 is 1.52 bits per heavy atom. The van der Waals surface area contributed by atoms with Crippen LogP contribution in [0.15, 0.2) is 54.6 Å². The van der Waals surface area contributed by atoms with Crippen molar-refractivity contribution >= 4 is 12.4 Å². The molecule has 3 heteroatoms. The molecule has 0 aromatic heterocycles. The molecular formula is C18H22ClNO. The van der Waals surface area contributed by atoms with Crippen LogP contribution in [0.5, 0.6) is 0 Å². The van der Waals surface area contributed by atoms with E-state index in [0.717, 1.165) is 19.3 Å². The lowest BCUT2D eigenvalue weighted by Crippen LogP contribution is -2.28. The van der Waals surface area contributed by atoms with Crippen LogP contribution in [-0.2, 0) is 6.42 Å². The van der Waals surface area contributed by atoms with Crippen LogP contribution in [0.2, 0.25) is 0 Å². The monoisotopic (exact) mass is 303 g/mol. The summed E-state index contributed by atoms with van der Waals surface area (Å²) in [7, 11) is 0. The molecule has 112 valence electrons. The molecule has 2 aromatic rings. The molecule has 0 heterocycles. The van der Waals surface area contributed by atoms with Crippen LogP contribution in [0.4, 0.5) is 0 Å². The summed E-state index contributed by atoms with van der Waals surface area (Å²) in [4.78, 5) is 0. The van der Waals surface area contributed by atoms with Crippen molar-refractivity contribution in [1.29, 1.82) is 0 Å². The van der Waals surface area contributed by atoms with Crippen molar-refractivity contribution in [3.63, 3.8) is 0 Å². The number of rotatable bonds is 3. The van der Waals surface area contributed by atoms with E-state index in [9.17, 15) is 5.11 Å². The maximum Gasteiger partial charge on any atom is 0.0693 e. The SMILES string of the molecule is Cl.N[C@H]1C[C@H](Cc2ccc(-c3ccccc3)cc2)C[C@@H]1O. The van der Waals surface area contributed by atoms with Gasteiger partial charge in [-0.1, -0.05) is 54.6 Å². The summed E-state index contributed by atoms with van der Waals surface area (Å²) in [5.41, 5.74) is 9.70. The molecule has 2 aromatic carbocycles. The van der Waals surface area contributed by atoms with Crippen molar-refractivity contribution in [2.24, 2.45) is 11.7 Å². The Bertz CT molecular complexity index is 545. The Balaban J connectivity index is 0.00000161. The van der Waals surface area contributed by atoms with Gasteiger partial charge in [-0.05, 0) is 41.9 Å². The minimum absolute atomic E-state index is 0. The number of halogens is 1. The minimum atomic E-state index is -0.316. The smallest absolute Gasteiger partial charge is 0.0693 e. The molecule has 3 rings (SSSR count). The van der Waals surface area contributed by atoms with Crippen LogP contribution >= 0.6 is 12.4 Å². The topological polar surface area (TPSA) is 46.2 Å². The summed E-state index contributed by atoms with van der Waals surface area (Å²) in [6.07, 6.45) is 2.46. The van der Waals surface area contributed by atoms with E-state index in [0.29, 0.717) is 5.92 Å². The molecule has 1 aliphatic rings. The highest BCUT2D eigenvalue weighted by molar-refractivity contribution is 5.85. The lowest BCUT2D eigenvalue weighted by Gasteiger charge is -2.10. The molecule has 0 saturated heterocycles. The Morgan fingerprint density at radius 1 is 0.905 bits per heavy atom. The second-order valence-corrected chi connectivity index (χ2v) is 5.84. The van der Waals surface area contributed by atoms with Gasteiger partial charge in [0.25, 0.3) is 0 Å². The summed E-state index contributed by atoms with van der Waals surface area (Å²) in [5, 5.41) is 9.71. The molecule has 1 fully saturated rings. The molecule has 0 radical (unpaired) electrons. The van der Waals surface area contributed by atoms with Gasteiger partial charge in [-0.25, -0.2) is 0 Å². The summed E-state index contributed by atoms with van der Waals surface area (Å²) in [6, 6.07) is 19.1. The second-order valence-electron chi connectivity index (χ2n) is 5.84. The zero-order valence-electron chi connectivity index (χ0n) is 12.0. The Morgan fingerprint density at radius 3 is 2.10 bits per heavy atom. The average molecular weight is 304 g/mol. The molecule has 21 heavy (non-hydrogen) atoms. The van der Waals surface area contributed by atoms with Crippen molar-refractivity contribution in [2.75, 3.05) is 0 Å². The maximum atomic E-state index is 9.71. The van der Waals surface area contributed by atoms with E-state index >= 15 is 0 Å². The van der Waals surface area contributed by atoms with Gasteiger partial charge in [0.15, 0.2) is 0 Å². The van der Waals surface area contributed by atoms with Gasteiger partial charge in [0.2, 0.25) is 0 Å². The molecule has 3 N–H and O–H groups in total. The number of hydrogen-bond donors (Lipinski definition) is 2. The summed E-state index contributed by atoms with van der Waals surface area (Å²) in [5.74, 6) is 0.516. The van der Waals surface area contributed by atoms with Crippen molar-refractivity contribution in [3.8, 4) is 11.1 Å². The first-order chi connectivity index (χ1) is 9.72. The van der Waals surface area contributed by atoms with Gasteiger partial charge in [-0.2, -0.15) is 0 Å². The first-order valence-corrected chi connectivity index (χ1v) is 7.30. The molecule has 3 atom stereocenters. The molecule has 0 amide bonds. The van der Waals surface area contributed by atoms with Crippen molar-refractivity contribution < 1.29 is 5.11 Å². The third kappa shape index (κ3) is 3.85. The average Bonchev–Trinajstić information content (AvgIpc) is 2.79. The zero-order valence-corrected chi connectivity index (χ0v) is 12.8. The van der Waals surface area contributed by atoms with Crippen LogP contribution in [0.3, 0.4) is 0 Å². The molecule has 0 unspecified atom stereocenters. The summed E-state index contributed by atoms with van der Waals surface area (Å²) >= 11 is 0. The number of aliphatic hydroxyl groups excluding tert-OH is 1. The molecule has 2 nitrogen and oxygen atoms in total. The highest BCUT2D eigenvalue weighted by Crippen LogP contribution is 2.28. The maximum absolute atomic E-state index is 9.71. The number of aliphatic hydroxyl groups is 1. The van der Waals surface area contributed by atoms with Crippen LogP contribution in [-0.4, -0.2) is 17.3 Å². The Hall–Kier alpha value is -1.35. The number of nitrogens with two attached hydrogens (primary N) is 1. The van der Waals surface area contributed by atoms with E-state index < -0.39 is 0 Å². The molecule has 0 aliphatic heterocycles. The van der Waals surface area contributed by atoms with Crippen molar-refractivity contribution in [3.05, 3.63) is 60.2 Å². The molecule has 1 saturated carbocycles. The quantitative estimate of drug-likeness (QED) is 0.912. The van der Waals surface area contributed by atoms with E-state index in [1.54, 1.807) is 0 Å². The van der Waals surface area contributed by atoms with Gasteiger partial charge in [0.05, 0.1) is 6.10 Å². The normalized spacial score (nSPS) is 24.6. The fourth-order valence-electron chi connectivity index (χ4n) is 3.12. The minimum Gasteiger partial charge on any atom is -0.392 e. The number of hydrogen-bond acceptors (Lipinski definition) is 2. The first-order valence-electron chi connectivity index (χ1n) is 7.30. The third-order valence-corrected chi connectivity index (χ3v) is 4.26. The second kappa shape index (κ2) is 7.08. The van der Waals surface area contributed by atoms with E-state index in [2.05, 4.69) is 48.5 Å². The van der Waals surface area contributed by atoms with E-state index in [4.69, 9.17) is 5.73 Å². The van der Waals surface area contributed by atoms with Gasteiger partial charge in [0, 0.05) is 6.04 Å². The fraction of sp³-hybridized carbons (Fsp3) is 0.333. The van der Waals surface area contributed by atoms with Crippen LogP contribution in [0, 0.1) is 5.92 Å². The fourth-order valence-corrected chi connectivity index (χ4v) is 3.12. The van der Waals surface area contributed by atoms with Gasteiger partial charge in [0.1, 0.15) is 0 Å². The molecule has 0 spiro atoms. The predicted molar refractivity (Wildman–Crippen MR) is 89.5 cm³/mol. The van der Waals surface area contributed by atoms with E-state index in [1.807, 2.05) is 6.07 Å². The van der Waals surface area contributed by atoms with Gasteiger partial charge >= 0.3 is 0 Å². The largest absolute Gasteiger partial charge is 0.392 e. The van der Waals surface area contributed by atoms with Gasteiger partial charge in [-0.3, -0.25) is 0 Å². The first kappa shape index (κ1) is 16.0. The van der Waals surface area contributed by atoms with Crippen molar-refractivity contribution in [1.82, 2.24) is 0 Å². The van der Waals surface area contributed by atoms with Gasteiger partial charge < -0.3 is 10.8 Å². The number of benzene rings is 2. The summed E-state index contributed by atoms with van der Waals surface area (Å²) in [6.45, 7) is 0. The lowest BCUT2D eigenvalue weighted by atomic mass is 9.96. The highest BCUT2D eigenvalue weighted by Gasteiger charge is 2.29. The molecule has 1 aliphatic carbocycles. The molecule has 0 bridgehead atoms. The highest BCUT2D eigenvalue weighted by atomic mass is 35.5. The van der Waals surface area contributed by atoms with E-state index in [1.165, 1.54) is 16.7 Å². The van der Waals surface area contributed by atoms with Gasteiger partial charge in [-0.15, -0.1) is 12.4 Å². The standard InChI is InChI=1S/C18H21NO.ClH/c19-17-11-14(12-18(17)20)10-13-6-8-16(9-7-13)15-4-2-1-3-5-15;/h1-9,14,17-18,20H,10-12,19H2;1H/t14-,17-,18-;/m0./s1. The van der Waals surface area contributed by atoms with Crippen molar-refractivity contribution in [2.45, 2.75) is 31.4 Å². The Labute approximate surface area is 132 Å². The lowest BCUT2D eigenvalue weighted by molar-refractivity contribution is 0.161. The third-order valence-electron chi connectivity index (χ3n) is 4.26. The Kier molecular flexibility index (Phi) is 5.40. The van der Waals surface area contributed by atoms with Crippen LogP contribution < -0.4 is 5.73 Å². The van der Waals surface area contributed by atoms with Crippen LogP contribution in [0.25, 0.3) is 11.1 Å². The zero-order chi connectivity index (χ0) is 13.9. The predicted octanol–water partition coefficient (Wildman–Crippen LogP) is 3.42. The van der Waals surface area contributed by atoms with Crippen LogP contribution in [0.1, 0.15) is 18.4 Å².